The number of nitrogens with one attached hydrogen (secondary N) is 1. The molecule has 0 aromatic heterocycles. The van der Waals surface area contributed by atoms with Gasteiger partial charge in [0.1, 0.15) is 5.84 Å². The summed E-state index contributed by atoms with van der Waals surface area (Å²) in [6, 6.07) is 8.37. The normalized spacial score (nSPS) is 15.4. The first kappa shape index (κ1) is 11.5. The first-order valence-corrected chi connectivity index (χ1v) is 6.86. The van der Waals surface area contributed by atoms with Gasteiger partial charge in [0.25, 0.3) is 0 Å². The van der Waals surface area contributed by atoms with Crippen LogP contribution in [0, 0.1) is 5.41 Å². The Morgan fingerprint density at radius 2 is 1.88 bits per heavy atom. The second-order valence-electron chi connectivity index (χ2n) is 4.00. The summed E-state index contributed by atoms with van der Waals surface area (Å²) in [5, 5.41) is 8.12. The first-order valence-electron chi connectivity index (χ1n) is 5.88. The molecule has 1 aromatic carbocycles. The van der Waals surface area contributed by atoms with Crippen LogP contribution in [0.3, 0.4) is 0 Å². The smallest absolute Gasteiger partial charge is 0.128 e. The minimum atomic E-state index is 0.686. The van der Waals surface area contributed by atoms with Gasteiger partial charge in [-0.05, 0) is 30.7 Å². The lowest BCUT2D eigenvalue weighted by molar-refractivity contribution is 0.517. The van der Waals surface area contributed by atoms with Crippen LogP contribution in [0.1, 0.15) is 25.3 Å². The van der Waals surface area contributed by atoms with Crippen molar-refractivity contribution in [2.45, 2.75) is 24.7 Å². The van der Waals surface area contributed by atoms with Crippen LogP contribution in [0.5, 0.6) is 0 Å². The molecule has 0 spiro atoms. The monoisotopic (exact) mass is 234 g/mol. The number of rotatable bonds is 3. The number of likely N-dealkylation sites (tertiary alicyclic amines) is 1. The van der Waals surface area contributed by atoms with Gasteiger partial charge in [-0.3, -0.25) is 5.41 Å². The Balaban J connectivity index is 2.05. The van der Waals surface area contributed by atoms with E-state index in [0.29, 0.717) is 5.84 Å². The van der Waals surface area contributed by atoms with E-state index < -0.39 is 0 Å². The van der Waals surface area contributed by atoms with E-state index >= 15 is 0 Å². The molecule has 1 fully saturated rings. The summed E-state index contributed by atoms with van der Waals surface area (Å²) in [5.41, 5.74) is 1.04. The zero-order valence-corrected chi connectivity index (χ0v) is 10.5. The van der Waals surface area contributed by atoms with E-state index in [4.69, 9.17) is 5.41 Å². The summed E-state index contributed by atoms with van der Waals surface area (Å²) < 4.78 is 0. The minimum absolute atomic E-state index is 0.686. The van der Waals surface area contributed by atoms with Crippen molar-refractivity contribution < 1.29 is 0 Å². The van der Waals surface area contributed by atoms with E-state index in [1.54, 1.807) is 0 Å². The molecule has 2 nitrogen and oxygen atoms in total. The highest BCUT2D eigenvalue weighted by atomic mass is 32.2. The quantitative estimate of drug-likeness (QED) is 0.494. The van der Waals surface area contributed by atoms with E-state index in [1.807, 2.05) is 11.8 Å². The third-order valence-corrected chi connectivity index (χ3v) is 3.76. The molecule has 2 rings (SSSR count). The Morgan fingerprint density at radius 1 is 1.25 bits per heavy atom. The maximum absolute atomic E-state index is 8.12. The molecule has 1 N–H and O–H groups in total. The third kappa shape index (κ3) is 2.59. The fourth-order valence-electron chi connectivity index (χ4n) is 2.00. The SMILES string of the molecule is CCSc1ccc(C(=N)N2CCCC2)cc1. The van der Waals surface area contributed by atoms with Gasteiger partial charge in [-0.25, -0.2) is 0 Å². The van der Waals surface area contributed by atoms with E-state index in [-0.39, 0.29) is 0 Å². The van der Waals surface area contributed by atoms with Crippen LogP contribution in [0.25, 0.3) is 0 Å². The Morgan fingerprint density at radius 3 is 2.44 bits per heavy atom. The Bertz CT molecular complexity index is 353. The second-order valence-corrected chi connectivity index (χ2v) is 5.34. The average Bonchev–Trinajstić information content (AvgIpc) is 2.83. The van der Waals surface area contributed by atoms with E-state index in [1.165, 1.54) is 17.7 Å². The van der Waals surface area contributed by atoms with Crippen LogP contribution in [-0.4, -0.2) is 29.6 Å². The van der Waals surface area contributed by atoms with Gasteiger partial charge in [-0.2, -0.15) is 0 Å². The molecule has 1 aliphatic heterocycles. The lowest BCUT2D eigenvalue weighted by Gasteiger charge is -2.18. The highest BCUT2D eigenvalue weighted by molar-refractivity contribution is 7.99. The van der Waals surface area contributed by atoms with Gasteiger partial charge in [0.15, 0.2) is 0 Å². The number of amidine groups is 1. The van der Waals surface area contributed by atoms with Crippen LogP contribution >= 0.6 is 11.8 Å². The molecule has 0 aliphatic carbocycles. The standard InChI is InChI=1S/C13H18N2S/c1-2-16-12-7-5-11(6-8-12)13(14)15-9-3-4-10-15/h5-8,14H,2-4,9-10H2,1H3. The van der Waals surface area contributed by atoms with E-state index in [0.717, 1.165) is 24.4 Å². The molecule has 0 amide bonds. The molecule has 0 atom stereocenters. The van der Waals surface area contributed by atoms with Crippen molar-refractivity contribution >= 4 is 17.6 Å². The molecular formula is C13H18N2S. The fourth-order valence-corrected chi connectivity index (χ4v) is 2.66. The lowest BCUT2D eigenvalue weighted by Crippen LogP contribution is -2.27. The Kier molecular flexibility index (Phi) is 3.88. The summed E-state index contributed by atoms with van der Waals surface area (Å²) in [6.45, 7) is 4.25. The molecule has 86 valence electrons. The van der Waals surface area contributed by atoms with Gasteiger partial charge in [-0.1, -0.05) is 19.1 Å². The summed E-state index contributed by atoms with van der Waals surface area (Å²) in [7, 11) is 0. The minimum Gasteiger partial charge on any atom is -0.357 e. The molecule has 1 heterocycles. The van der Waals surface area contributed by atoms with Gasteiger partial charge < -0.3 is 4.90 Å². The summed E-state index contributed by atoms with van der Waals surface area (Å²) >= 11 is 1.84. The van der Waals surface area contributed by atoms with Crippen molar-refractivity contribution in [2.24, 2.45) is 0 Å². The maximum atomic E-state index is 8.12. The van der Waals surface area contributed by atoms with Crippen molar-refractivity contribution in [1.29, 1.82) is 5.41 Å². The zero-order valence-electron chi connectivity index (χ0n) is 9.70. The van der Waals surface area contributed by atoms with Crippen molar-refractivity contribution in [3.63, 3.8) is 0 Å². The maximum Gasteiger partial charge on any atom is 0.128 e. The molecule has 0 unspecified atom stereocenters. The van der Waals surface area contributed by atoms with Crippen molar-refractivity contribution in [2.75, 3.05) is 18.8 Å². The van der Waals surface area contributed by atoms with Gasteiger partial charge in [0.05, 0.1) is 0 Å². The van der Waals surface area contributed by atoms with Gasteiger partial charge >= 0.3 is 0 Å². The number of hydrogen-bond donors (Lipinski definition) is 1. The van der Waals surface area contributed by atoms with E-state index in [2.05, 4.69) is 36.1 Å². The van der Waals surface area contributed by atoms with Crippen molar-refractivity contribution in [1.82, 2.24) is 4.90 Å². The fraction of sp³-hybridized carbons (Fsp3) is 0.462. The average molecular weight is 234 g/mol. The van der Waals surface area contributed by atoms with Crippen LogP contribution < -0.4 is 0 Å². The molecule has 1 aliphatic rings. The summed E-state index contributed by atoms with van der Waals surface area (Å²) in [4.78, 5) is 3.46. The van der Waals surface area contributed by atoms with Gasteiger partial charge in [-0.15, -0.1) is 11.8 Å². The van der Waals surface area contributed by atoms with Gasteiger partial charge in [0, 0.05) is 23.5 Å². The van der Waals surface area contributed by atoms with Crippen LogP contribution in [-0.2, 0) is 0 Å². The number of benzene rings is 1. The first-order chi connectivity index (χ1) is 7.81. The molecule has 3 heteroatoms. The van der Waals surface area contributed by atoms with Crippen molar-refractivity contribution in [3.05, 3.63) is 29.8 Å². The molecule has 0 bridgehead atoms. The summed E-state index contributed by atoms with van der Waals surface area (Å²) in [5.74, 6) is 1.79. The number of nitrogens with zero attached hydrogens (tertiary/aromatic N) is 1. The predicted octanol–water partition coefficient (Wildman–Crippen LogP) is 3.22. The van der Waals surface area contributed by atoms with Crippen LogP contribution in [0.15, 0.2) is 29.2 Å². The zero-order chi connectivity index (χ0) is 11.4. The van der Waals surface area contributed by atoms with E-state index in [9.17, 15) is 0 Å². The molecular weight excluding hydrogens is 216 g/mol. The molecule has 16 heavy (non-hydrogen) atoms. The predicted molar refractivity (Wildman–Crippen MR) is 70.5 cm³/mol. The Labute approximate surface area is 102 Å². The molecule has 1 saturated heterocycles. The Hall–Kier alpha value is -0.960. The lowest BCUT2D eigenvalue weighted by atomic mass is 10.2. The molecule has 0 radical (unpaired) electrons. The molecule has 1 aromatic rings. The largest absolute Gasteiger partial charge is 0.357 e. The summed E-state index contributed by atoms with van der Waals surface area (Å²) in [6.07, 6.45) is 2.46. The highest BCUT2D eigenvalue weighted by Gasteiger charge is 2.15. The second kappa shape index (κ2) is 5.39. The number of hydrogen-bond acceptors (Lipinski definition) is 2. The third-order valence-electron chi connectivity index (χ3n) is 2.86. The van der Waals surface area contributed by atoms with Crippen LogP contribution in [0.2, 0.25) is 0 Å². The highest BCUT2D eigenvalue weighted by Crippen LogP contribution is 2.19. The van der Waals surface area contributed by atoms with Crippen LogP contribution in [0.4, 0.5) is 0 Å². The van der Waals surface area contributed by atoms with Crippen molar-refractivity contribution in [3.8, 4) is 0 Å². The van der Waals surface area contributed by atoms with Gasteiger partial charge in [0.2, 0.25) is 0 Å². The topological polar surface area (TPSA) is 27.1 Å². The molecule has 0 saturated carbocycles. The number of thioether (sulfide) groups is 1.